The Labute approximate surface area is 134 Å². The van der Waals surface area contributed by atoms with Gasteiger partial charge in [-0.05, 0) is 45.8 Å². The zero-order chi connectivity index (χ0) is 15.7. The zero-order valence-corrected chi connectivity index (χ0v) is 13.0. The van der Waals surface area contributed by atoms with E-state index >= 15 is 0 Å². The number of benzene rings is 2. The summed E-state index contributed by atoms with van der Waals surface area (Å²) in [7, 11) is 0. The van der Waals surface area contributed by atoms with Crippen molar-refractivity contribution in [3.05, 3.63) is 58.3 Å². The third-order valence-electron chi connectivity index (χ3n) is 3.50. The van der Waals surface area contributed by atoms with Crippen molar-refractivity contribution in [1.82, 2.24) is 0 Å². The number of para-hydroxylation sites is 1. The van der Waals surface area contributed by atoms with Gasteiger partial charge in [-0.3, -0.25) is 9.59 Å². The molecule has 2 amide bonds. The van der Waals surface area contributed by atoms with Crippen molar-refractivity contribution < 1.29 is 14.0 Å². The van der Waals surface area contributed by atoms with Crippen molar-refractivity contribution in [2.75, 3.05) is 10.6 Å². The van der Waals surface area contributed by atoms with Gasteiger partial charge in [0.05, 0.1) is 11.6 Å². The van der Waals surface area contributed by atoms with Crippen molar-refractivity contribution in [3.8, 4) is 0 Å². The highest BCUT2D eigenvalue weighted by molar-refractivity contribution is 9.10. The van der Waals surface area contributed by atoms with E-state index in [9.17, 15) is 14.0 Å². The average Bonchev–Trinajstić information content (AvgIpc) is 2.48. The minimum atomic E-state index is -0.642. The van der Waals surface area contributed by atoms with Gasteiger partial charge in [0.2, 0.25) is 11.8 Å². The summed E-state index contributed by atoms with van der Waals surface area (Å²) >= 11 is 3.36. The van der Waals surface area contributed by atoms with Gasteiger partial charge in [-0.2, -0.15) is 0 Å². The average molecular weight is 363 g/mol. The standard InChI is InChI=1S/C16H12BrFN2O2/c17-12-3-1-2-4-13(12)20-16(22)11-8-15(21)19-14-7-9(18)5-6-10(11)14/h1-7,11H,8H2,(H,19,21)(H,20,22). The molecular weight excluding hydrogens is 351 g/mol. The summed E-state index contributed by atoms with van der Waals surface area (Å²) in [6, 6.07) is 11.3. The summed E-state index contributed by atoms with van der Waals surface area (Å²) in [4.78, 5) is 24.3. The Hall–Kier alpha value is -2.21. The first-order valence-electron chi connectivity index (χ1n) is 6.69. The van der Waals surface area contributed by atoms with Crippen LogP contribution in [0.15, 0.2) is 46.9 Å². The summed E-state index contributed by atoms with van der Waals surface area (Å²) in [5, 5.41) is 5.39. The number of halogens is 2. The van der Waals surface area contributed by atoms with Gasteiger partial charge in [0, 0.05) is 16.6 Å². The molecule has 0 spiro atoms. The van der Waals surface area contributed by atoms with E-state index < -0.39 is 11.7 Å². The largest absolute Gasteiger partial charge is 0.326 e. The van der Waals surface area contributed by atoms with Gasteiger partial charge in [-0.1, -0.05) is 18.2 Å². The third-order valence-corrected chi connectivity index (χ3v) is 4.19. The van der Waals surface area contributed by atoms with Crippen LogP contribution < -0.4 is 10.6 Å². The van der Waals surface area contributed by atoms with E-state index in [1.807, 2.05) is 12.1 Å². The molecule has 4 nitrogen and oxygen atoms in total. The number of amides is 2. The predicted molar refractivity (Wildman–Crippen MR) is 85.2 cm³/mol. The van der Waals surface area contributed by atoms with Gasteiger partial charge in [0.25, 0.3) is 0 Å². The lowest BCUT2D eigenvalue weighted by atomic mass is 9.89. The van der Waals surface area contributed by atoms with Crippen molar-refractivity contribution >= 4 is 39.1 Å². The van der Waals surface area contributed by atoms with Crippen molar-refractivity contribution in [1.29, 1.82) is 0 Å². The number of nitrogens with one attached hydrogen (secondary N) is 2. The molecule has 1 unspecified atom stereocenters. The zero-order valence-electron chi connectivity index (χ0n) is 11.4. The van der Waals surface area contributed by atoms with Crippen LogP contribution in [0, 0.1) is 5.82 Å². The smallest absolute Gasteiger partial charge is 0.232 e. The van der Waals surface area contributed by atoms with Crippen molar-refractivity contribution in [2.24, 2.45) is 0 Å². The van der Waals surface area contributed by atoms with Gasteiger partial charge >= 0.3 is 0 Å². The molecule has 0 aliphatic carbocycles. The first-order valence-corrected chi connectivity index (χ1v) is 7.48. The summed E-state index contributed by atoms with van der Waals surface area (Å²) in [6.45, 7) is 0. The van der Waals surface area contributed by atoms with Crippen LogP contribution >= 0.6 is 15.9 Å². The molecule has 0 saturated heterocycles. The maximum absolute atomic E-state index is 13.3. The summed E-state index contributed by atoms with van der Waals surface area (Å²) < 4.78 is 14.0. The van der Waals surface area contributed by atoms with E-state index in [2.05, 4.69) is 26.6 Å². The van der Waals surface area contributed by atoms with Gasteiger partial charge in [0.15, 0.2) is 0 Å². The van der Waals surface area contributed by atoms with E-state index in [1.165, 1.54) is 18.2 Å². The minimum Gasteiger partial charge on any atom is -0.326 e. The number of carbonyl (C=O) groups is 2. The number of fused-ring (bicyclic) bond motifs is 1. The van der Waals surface area contributed by atoms with Gasteiger partial charge in [0.1, 0.15) is 5.82 Å². The van der Waals surface area contributed by atoms with E-state index in [0.717, 1.165) is 4.47 Å². The van der Waals surface area contributed by atoms with Crippen LogP contribution in [-0.4, -0.2) is 11.8 Å². The number of hydrogen-bond donors (Lipinski definition) is 2. The van der Waals surface area contributed by atoms with Crippen LogP contribution in [0.25, 0.3) is 0 Å². The van der Waals surface area contributed by atoms with Gasteiger partial charge in [-0.15, -0.1) is 0 Å². The highest BCUT2D eigenvalue weighted by Gasteiger charge is 2.31. The van der Waals surface area contributed by atoms with Crippen molar-refractivity contribution in [3.63, 3.8) is 0 Å². The molecule has 112 valence electrons. The van der Waals surface area contributed by atoms with E-state index in [4.69, 9.17) is 0 Å². The molecule has 2 aromatic carbocycles. The van der Waals surface area contributed by atoms with Crippen LogP contribution in [0.2, 0.25) is 0 Å². The molecule has 0 radical (unpaired) electrons. The Kier molecular flexibility index (Phi) is 3.94. The lowest BCUT2D eigenvalue weighted by Crippen LogP contribution is -2.31. The molecule has 2 N–H and O–H groups in total. The minimum absolute atomic E-state index is 0.0366. The number of hydrogen-bond acceptors (Lipinski definition) is 2. The summed E-state index contributed by atoms with van der Waals surface area (Å²) in [5.41, 5.74) is 1.59. The molecule has 1 heterocycles. The second kappa shape index (κ2) is 5.88. The Balaban J connectivity index is 1.90. The molecule has 22 heavy (non-hydrogen) atoms. The molecule has 6 heteroatoms. The van der Waals surface area contributed by atoms with Crippen LogP contribution in [0.3, 0.4) is 0 Å². The number of carbonyl (C=O) groups excluding carboxylic acids is 2. The lowest BCUT2D eigenvalue weighted by Gasteiger charge is -2.25. The van der Waals surface area contributed by atoms with Crippen molar-refractivity contribution in [2.45, 2.75) is 12.3 Å². The Morgan fingerprint density at radius 2 is 2.05 bits per heavy atom. The SMILES string of the molecule is O=C1CC(C(=O)Nc2ccccc2Br)c2ccc(F)cc2N1. The first-order chi connectivity index (χ1) is 10.5. The fourth-order valence-electron chi connectivity index (χ4n) is 2.45. The van der Waals surface area contributed by atoms with Gasteiger partial charge < -0.3 is 10.6 Å². The van der Waals surface area contributed by atoms with Crippen LogP contribution in [0.5, 0.6) is 0 Å². The van der Waals surface area contributed by atoms with E-state index in [1.54, 1.807) is 12.1 Å². The van der Waals surface area contributed by atoms with Crippen LogP contribution in [0.4, 0.5) is 15.8 Å². The molecule has 1 atom stereocenters. The highest BCUT2D eigenvalue weighted by Crippen LogP contribution is 2.34. The second-order valence-electron chi connectivity index (χ2n) is 5.01. The Morgan fingerprint density at radius 3 is 2.82 bits per heavy atom. The third kappa shape index (κ3) is 2.87. The normalized spacial score (nSPS) is 16.6. The first kappa shape index (κ1) is 14.7. The summed E-state index contributed by atoms with van der Waals surface area (Å²) in [6.07, 6.45) is 0.0366. The molecule has 0 saturated carbocycles. The Morgan fingerprint density at radius 1 is 1.27 bits per heavy atom. The quantitative estimate of drug-likeness (QED) is 0.856. The molecule has 2 aromatic rings. The molecule has 0 bridgehead atoms. The molecule has 3 rings (SSSR count). The van der Waals surface area contributed by atoms with Gasteiger partial charge in [-0.25, -0.2) is 4.39 Å². The predicted octanol–water partition coefficient (Wildman–Crippen LogP) is 3.65. The molecule has 0 fully saturated rings. The topological polar surface area (TPSA) is 58.2 Å². The fourth-order valence-corrected chi connectivity index (χ4v) is 2.84. The van der Waals surface area contributed by atoms with Crippen LogP contribution in [-0.2, 0) is 9.59 Å². The fraction of sp³-hybridized carbons (Fsp3) is 0.125. The number of anilines is 2. The molecular formula is C16H12BrFN2O2. The highest BCUT2D eigenvalue weighted by atomic mass is 79.9. The van der Waals surface area contributed by atoms with Crippen LogP contribution in [0.1, 0.15) is 17.9 Å². The van der Waals surface area contributed by atoms with E-state index in [-0.39, 0.29) is 18.2 Å². The maximum Gasteiger partial charge on any atom is 0.232 e. The lowest BCUT2D eigenvalue weighted by molar-refractivity contribution is -0.123. The number of rotatable bonds is 2. The summed E-state index contributed by atoms with van der Waals surface area (Å²) in [5.74, 6) is -1.69. The van der Waals surface area contributed by atoms with E-state index in [0.29, 0.717) is 16.9 Å². The Bertz CT molecular complexity index is 764. The molecule has 1 aliphatic heterocycles. The maximum atomic E-state index is 13.3. The monoisotopic (exact) mass is 362 g/mol. The molecule has 1 aliphatic rings. The second-order valence-corrected chi connectivity index (χ2v) is 5.86. The molecule has 0 aromatic heterocycles.